The summed E-state index contributed by atoms with van der Waals surface area (Å²) in [6.45, 7) is 4.57. The molecule has 1 unspecified atom stereocenters. The van der Waals surface area contributed by atoms with Gasteiger partial charge in [0, 0.05) is 6.04 Å². The third-order valence-corrected chi connectivity index (χ3v) is 2.53. The zero-order valence-corrected chi connectivity index (χ0v) is 7.70. The van der Waals surface area contributed by atoms with E-state index in [9.17, 15) is 4.79 Å². The van der Waals surface area contributed by atoms with Crippen molar-refractivity contribution in [2.24, 2.45) is 0 Å². The molecule has 12 heavy (non-hydrogen) atoms. The summed E-state index contributed by atoms with van der Waals surface area (Å²) in [5.74, 6) is 0. The minimum absolute atomic E-state index is 0.686. The Balaban J connectivity index is 2.30. The van der Waals surface area contributed by atoms with Crippen LogP contribution in [-0.2, 0) is 4.79 Å². The van der Waals surface area contributed by atoms with Crippen molar-refractivity contribution in [2.45, 2.75) is 32.2 Å². The van der Waals surface area contributed by atoms with Gasteiger partial charge in [0.2, 0.25) is 0 Å². The lowest BCUT2D eigenvalue weighted by molar-refractivity contribution is -0.104. The second kappa shape index (κ2) is 5.09. The predicted octanol–water partition coefficient (Wildman–Crippen LogP) is 1.62. The largest absolute Gasteiger partial charge is 0.300 e. The minimum atomic E-state index is 0.686. The molecule has 0 aliphatic carbocycles. The van der Waals surface area contributed by atoms with Crippen LogP contribution >= 0.6 is 0 Å². The summed E-state index contributed by atoms with van der Waals surface area (Å²) in [5.41, 5.74) is 0. The van der Waals surface area contributed by atoms with Gasteiger partial charge in [0.15, 0.2) is 0 Å². The first-order valence-corrected chi connectivity index (χ1v) is 4.72. The van der Waals surface area contributed by atoms with E-state index in [2.05, 4.69) is 11.8 Å². The average Bonchev–Trinajstić information content (AvgIpc) is 2.52. The van der Waals surface area contributed by atoms with Gasteiger partial charge in [0.1, 0.15) is 6.29 Å². The summed E-state index contributed by atoms with van der Waals surface area (Å²) < 4.78 is 0. The number of allylic oxidation sites excluding steroid dienone is 1. The third-order valence-electron chi connectivity index (χ3n) is 2.53. The van der Waals surface area contributed by atoms with Crippen LogP contribution in [0.5, 0.6) is 0 Å². The summed E-state index contributed by atoms with van der Waals surface area (Å²) >= 11 is 0. The molecule has 2 heteroatoms. The van der Waals surface area contributed by atoms with Crippen molar-refractivity contribution in [1.29, 1.82) is 0 Å². The van der Waals surface area contributed by atoms with Crippen molar-refractivity contribution in [1.82, 2.24) is 4.90 Å². The first kappa shape index (κ1) is 9.46. The Bertz CT molecular complexity index is 165. The van der Waals surface area contributed by atoms with Crippen molar-refractivity contribution in [3.05, 3.63) is 12.2 Å². The van der Waals surface area contributed by atoms with Crippen LogP contribution < -0.4 is 0 Å². The Morgan fingerprint density at radius 1 is 1.58 bits per heavy atom. The van der Waals surface area contributed by atoms with Gasteiger partial charge < -0.3 is 4.90 Å². The fourth-order valence-electron chi connectivity index (χ4n) is 1.87. The number of likely N-dealkylation sites (tertiary alicyclic amines) is 1. The molecule has 2 nitrogen and oxygen atoms in total. The summed E-state index contributed by atoms with van der Waals surface area (Å²) in [6, 6.07) is 0.686. The van der Waals surface area contributed by atoms with Gasteiger partial charge in [-0.05, 0) is 38.4 Å². The van der Waals surface area contributed by atoms with E-state index in [0.717, 1.165) is 19.3 Å². The molecule has 1 aliphatic heterocycles. The molecule has 1 rings (SSSR count). The molecule has 0 spiro atoms. The molecule has 0 bridgehead atoms. The van der Waals surface area contributed by atoms with Crippen LogP contribution in [0.3, 0.4) is 0 Å². The first-order chi connectivity index (χ1) is 5.88. The molecule has 0 saturated carbocycles. The third kappa shape index (κ3) is 2.45. The Hall–Kier alpha value is -0.630. The Labute approximate surface area is 74.2 Å². The predicted molar refractivity (Wildman–Crippen MR) is 50.1 cm³/mol. The molecule has 0 aromatic carbocycles. The van der Waals surface area contributed by atoms with Crippen molar-refractivity contribution in [3.8, 4) is 0 Å². The van der Waals surface area contributed by atoms with Gasteiger partial charge in [-0.2, -0.15) is 0 Å². The summed E-state index contributed by atoms with van der Waals surface area (Å²) in [4.78, 5) is 12.5. The highest BCUT2D eigenvalue weighted by Gasteiger charge is 2.20. The summed E-state index contributed by atoms with van der Waals surface area (Å²) in [6.07, 6.45) is 8.07. The molecular weight excluding hydrogens is 150 g/mol. The van der Waals surface area contributed by atoms with Crippen LogP contribution in [0.2, 0.25) is 0 Å². The van der Waals surface area contributed by atoms with E-state index in [1.54, 1.807) is 6.08 Å². The number of carbonyl (C=O) groups is 1. The topological polar surface area (TPSA) is 20.3 Å². The van der Waals surface area contributed by atoms with Gasteiger partial charge in [0.05, 0.1) is 0 Å². The smallest absolute Gasteiger partial charge is 0.142 e. The second-order valence-electron chi connectivity index (χ2n) is 3.22. The number of aldehydes is 1. The van der Waals surface area contributed by atoms with E-state index >= 15 is 0 Å². The number of nitrogens with zero attached hydrogens (tertiary/aromatic N) is 1. The van der Waals surface area contributed by atoms with Crippen LogP contribution in [0, 0.1) is 0 Å². The van der Waals surface area contributed by atoms with Gasteiger partial charge >= 0.3 is 0 Å². The Morgan fingerprint density at radius 3 is 3.08 bits per heavy atom. The Kier molecular flexibility index (Phi) is 4.01. The number of hydrogen-bond donors (Lipinski definition) is 0. The minimum Gasteiger partial charge on any atom is -0.300 e. The number of rotatable bonds is 4. The van der Waals surface area contributed by atoms with Crippen LogP contribution in [-0.4, -0.2) is 30.3 Å². The van der Waals surface area contributed by atoms with Crippen LogP contribution in [0.25, 0.3) is 0 Å². The molecular formula is C10H17NO. The van der Waals surface area contributed by atoms with Gasteiger partial charge in [-0.25, -0.2) is 0 Å². The van der Waals surface area contributed by atoms with Crippen molar-refractivity contribution in [2.75, 3.05) is 13.1 Å². The van der Waals surface area contributed by atoms with Gasteiger partial charge in [-0.1, -0.05) is 13.0 Å². The molecule has 0 amide bonds. The quantitative estimate of drug-likeness (QED) is 0.468. The number of hydrogen-bond acceptors (Lipinski definition) is 2. The molecule has 0 radical (unpaired) electrons. The van der Waals surface area contributed by atoms with Crippen LogP contribution in [0.4, 0.5) is 0 Å². The van der Waals surface area contributed by atoms with E-state index < -0.39 is 0 Å². The second-order valence-corrected chi connectivity index (χ2v) is 3.22. The highest BCUT2D eigenvalue weighted by Crippen LogP contribution is 2.19. The lowest BCUT2D eigenvalue weighted by Crippen LogP contribution is -2.28. The molecule has 0 aromatic rings. The monoisotopic (exact) mass is 167 g/mol. The first-order valence-electron chi connectivity index (χ1n) is 4.72. The molecule has 1 saturated heterocycles. The van der Waals surface area contributed by atoms with E-state index in [0.29, 0.717) is 6.04 Å². The summed E-state index contributed by atoms with van der Waals surface area (Å²) in [7, 11) is 0. The van der Waals surface area contributed by atoms with Crippen LogP contribution in [0.1, 0.15) is 26.2 Å². The maximum Gasteiger partial charge on any atom is 0.142 e. The van der Waals surface area contributed by atoms with Gasteiger partial charge in [0.25, 0.3) is 0 Å². The summed E-state index contributed by atoms with van der Waals surface area (Å²) in [5, 5.41) is 0. The van der Waals surface area contributed by atoms with E-state index in [-0.39, 0.29) is 0 Å². The van der Waals surface area contributed by atoms with E-state index in [1.807, 2.05) is 6.08 Å². The SMILES string of the molecule is CCN1CCCC1C/C=C\C=O. The molecule has 0 N–H and O–H groups in total. The van der Waals surface area contributed by atoms with Crippen molar-refractivity contribution >= 4 is 6.29 Å². The fraction of sp³-hybridized carbons (Fsp3) is 0.700. The molecule has 1 fully saturated rings. The lowest BCUT2D eigenvalue weighted by atomic mass is 10.1. The molecule has 0 aromatic heterocycles. The standard InChI is InChI=1S/C10H17NO/c1-2-11-8-5-7-10(11)6-3-4-9-12/h3-4,9-10H,2,5-8H2,1H3/b4-3-. The average molecular weight is 167 g/mol. The molecule has 1 aliphatic rings. The lowest BCUT2D eigenvalue weighted by Gasteiger charge is -2.20. The molecule has 68 valence electrons. The van der Waals surface area contributed by atoms with Gasteiger partial charge in [-0.3, -0.25) is 4.79 Å². The maximum absolute atomic E-state index is 10.0. The zero-order chi connectivity index (χ0) is 8.81. The van der Waals surface area contributed by atoms with E-state index in [1.165, 1.54) is 19.4 Å². The zero-order valence-electron chi connectivity index (χ0n) is 7.70. The van der Waals surface area contributed by atoms with Crippen LogP contribution in [0.15, 0.2) is 12.2 Å². The molecule has 1 atom stereocenters. The molecule has 1 heterocycles. The maximum atomic E-state index is 10.0. The Morgan fingerprint density at radius 2 is 2.42 bits per heavy atom. The number of carbonyl (C=O) groups excluding carboxylic acids is 1. The van der Waals surface area contributed by atoms with E-state index in [4.69, 9.17) is 0 Å². The van der Waals surface area contributed by atoms with Crippen molar-refractivity contribution < 1.29 is 4.79 Å². The fourth-order valence-corrected chi connectivity index (χ4v) is 1.87. The van der Waals surface area contributed by atoms with Gasteiger partial charge in [-0.15, -0.1) is 0 Å². The highest BCUT2D eigenvalue weighted by molar-refractivity contribution is 5.64. The normalized spacial score (nSPS) is 25.2. The van der Waals surface area contributed by atoms with Crippen molar-refractivity contribution in [3.63, 3.8) is 0 Å². The highest BCUT2D eigenvalue weighted by atomic mass is 16.1.